The second-order valence-corrected chi connectivity index (χ2v) is 8.98. The van der Waals surface area contributed by atoms with E-state index >= 15 is 0 Å². The van der Waals surface area contributed by atoms with Crippen molar-refractivity contribution in [2.45, 2.75) is 36.8 Å². The summed E-state index contributed by atoms with van der Waals surface area (Å²) in [7, 11) is 5.57. The van der Waals surface area contributed by atoms with Crippen LogP contribution in [0.5, 0.6) is 5.75 Å². The minimum Gasteiger partial charge on any atom is -0.495 e. The zero-order valence-electron chi connectivity index (χ0n) is 17.9. The minimum atomic E-state index is -0.122. The first-order valence-corrected chi connectivity index (χ1v) is 10.9. The van der Waals surface area contributed by atoms with Gasteiger partial charge in [0, 0.05) is 30.9 Å². The maximum absolute atomic E-state index is 12.7. The van der Waals surface area contributed by atoms with Gasteiger partial charge in [0.2, 0.25) is 5.91 Å². The van der Waals surface area contributed by atoms with Crippen LogP contribution in [0.25, 0.3) is 0 Å². The number of nitriles is 1. The fourth-order valence-corrected chi connectivity index (χ4v) is 4.68. The molecule has 0 spiro atoms. The van der Waals surface area contributed by atoms with Gasteiger partial charge in [-0.1, -0.05) is 0 Å². The lowest BCUT2D eigenvalue weighted by molar-refractivity contribution is -0.130. The Morgan fingerprint density at radius 1 is 1.33 bits per heavy atom. The molecule has 0 aromatic heterocycles. The molecule has 0 bridgehead atoms. The lowest BCUT2D eigenvalue weighted by atomic mass is 9.74. The standard InChI is InChI=1S/C22H31ClN4O3/c1-27(2)6-7-30-21-11-19-15(9-18(21)23)8-16(22(28)26-19)13-25-17-5-4-14(12-24)20(10-17)29-3/h4-5,10,15-16,18-19,21,25H,6-9,11,13H2,1-3H3,(H,26,28). The maximum Gasteiger partial charge on any atom is 0.225 e. The summed E-state index contributed by atoms with van der Waals surface area (Å²) in [6.07, 6.45) is 2.41. The molecule has 1 amide bonds. The van der Waals surface area contributed by atoms with Crippen LogP contribution in [0.4, 0.5) is 5.69 Å². The van der Waals surface area contributed by atoms with E-state index < -0.39 is 0 Å². The Bertz CT molecular complexity index is 782. The van der Waals surface area contributed by atoms with Crippen molar-refractivity contribution in [2.75, 3.05) is 46.2 Å². The number of benzene rings is 1. The van der Waals surface area contributed by atoms with E-state index in [1.807, 2.05) is 20.2 Å². The quantitative estimate of drug-likeness (QED) is 0.611. The molecule has 1 saturated heterocycles. The molecule has 5 unspecified atom stereocenters. The highest BCUT2D eigenvalue weighted by Crippen LogP contribution is 2.37. The molecule has 1 saturated carbocycles. The summed E-state index contributed by atoms with van der Waals surface area (Å²) in [6.45, 7) is 2.03. The average molecular weight is 435 g/mol. The van der Waals surface area contributed by atoms with Crippen LogP contribution in [0.15, 0.2) is 18.2 Å². The Hall–Kier alpha value is -2.01. The highest BCUT2D eigenvalue weighted by atomic mass is 35.5. The van der Waals surface area contributed by atoms with Crippen LogP contribution in [0.1, 0.15) is 24.8 Å². The molecule has 2 fully saturated rings. The van der Waals surface area contributed by atoms with Gasteiger partial charge in [-0.2, -0.15) is 5.26 Å². The van der Waals surface area contributed by atoms with Gasteiger partial charge in [0.25, 0.3) is 0 Å². The van der Waals surface area contributed by atoms with Gasteiger partial charge >= 0.3 is 0 Å². The van der Waals surface area contributed by atoms with Crippen molar-refractivity contribution >= 4 is 23.2 Å². The average Bonchev–Trinajstić information content (AvgIpc) is 2.72. The molecule has 1 aromatic rings. The molecule has 1 aromatic carbocycles. The van der Waals surface area contributed by atoms with Crippen molar-refractivity contribution in [2.24, 2.45) is 11.8 Å². The minimum absolute atomic E-state index is 0.0195. The molecule has 164 valence electrons. The molecule has 0 radical (unpaired) electrons. The van der Waals surface area contributed by atoms with Crippen molar-refractivity contribution in [3.8, 4) is 11.8 Å². The Kier molecular flexibility index (Phi) is 7.81. The number of hydrogen-bond donors (Lipinski definition) is 2. The Morgan fingerprint density at radius 2 is 2.13 bits per heavy atom. The second kappa shape index (κ2) is 10.3. The van der Waals surface area contributed by atoms with Gasteiger partial charge < -0.3 is 25.0 Å². The fraction of sp³-hybridized carbons (Fsp3) is 0.636. The number of carbonyl (C=O) groups excluding carboxylic acids is 1. The molecule has 3 rings (SSSR count). The zero-order chi connectivity index (χ0) is 21.7. The topological polar surface area (TPSA) is 86.6 Å². The van der Waals surface area contributed by atoms with Gasteiger partial charge in [0.15, 0.2) is 0 Å². The van der Waals surface area contributed by atoms with E-state index in [-0.39, 0.29) is 29.3 Å². The van der Waals surface area contributed by atoms with Crippen LogP contribution in [0.2, 0.25) is 0 Å². The van der Waals surface area contributed by atoms with Crippen LogP contribution in [0, 0.1) is 23.2 Å². The van der Waals surface area contributed by atoms with Crippen molar-refractivity contribution in [1.82, 2.24) is 10.2 Å². The summed E-state index contributed by atoms with van der Waals surface area (Å²) in [5, 5.41) is 15.6. The highest BCUT2D eigenvalue weighted by Gasteiger charge is 2.43. The Morgan fingerprint density at radius 3 is 2.83 bits per heavy atom. The van der Waals surface area contributed by atoms with Crippen LogP contribution >= 0.6 is 11.6 Å². The number of halogens is 1. The first-order chi connectivity index (χ1) is 14.4. The molecule has 1 aliphatic heterocycles. The predicted octanol–water partition coefficient (Wildman–Crippen LogP) is 2.45. The SMILES string of the molecule is COc1cc(NCC2CC3CC(Cl)C(OCCN(C)C)CC3NC2=O)ccc1C#N. The van der Waals surface area contributed by atoms with Gasteiger partial charge in [-0.3, -0.25) is 4.79 Å². The monoisotopic (exact) mass is 434 g/mol. The van der Waals surface area contributed by atoms with Crippen LogP contribution in [-0.4, -0.2) is 69.2 Å². The maximum atomic E-state index is 12.7. The summed E-state index contributed by atoms with van der Waals surface area (Å²) >= 11 is 6.63. The number of amides is 1. The third-order valence-corrected chi connectivity index (χ3v) is 6.48. The number of nitrogens with one attached hydrogen (secondary N) is 2. The van der Waals surface area contributed by atoms with Crippen molar-refractivity contribution < 1.29 is 14.3 Å². The number of fused-ring (bicyclic) bond motifs is 1. The number of methoxy groups -OCH3 is 1. The number of nitrogens with zero attached hydrogens (tertiary/aromatic N) is 2. The molecular formula is C22H31ClN4O3. The molecule has 1 heterocycles. The molecular weight excluding hydrogens is 404 g/mol. The Labute approximate surface area is 183 Å². The van der Waals surface area contributed by atoms with Crippen LogP contribution < -0.4 is 15.4 Å². The van der Waals surface area contributed by atoms with Gasteiger partial charge in [-0.05, 0) is 51.4 Å². The van der Waals surface area contributed by atoms with E-state index in [4.69, 9.17) is 26.3 Å². The van der Waals surface area contributed by atoms with Crippen molar-refractivity contribution in [3.05, 3.63) is 23.8 Å². The molecule has 1 aliphatic carbocycles. The first-order valence-electron chi connectivity index (χ1n) is 10.4. The summed E-state index contributed by atoms with van der Waals surface area (Å²) in [4.78, 5) is 14.8. The highest BCUT2D eigenvalue weighted by molar-refractivity contribution is 6.21. The number of piperidine rings is 1. The molecule has 5 atom stereocenters. The third kappa shape index (κ3) is 5.57. The number of carbonyl (C=O) groups is 1. The molecule has 8 heteroatoms. The molecule has 2 aliphatic rings. The van der Waals surface area contributed by atoms with Crippen LogP contribution in [-0.2, 0) is 9.53 Å². The summed E-state index contributed by atoms with van der Waals surface area (Å²) in [5.41, 5.74) is 1.31. The number of anilines is 1. The summed E-state index contributed by atoms with van der Waals surface area (Å²) < 4.78 is 11.2. The number of likely N-dealkylation sites (N-methyl/N-ethyl adjacent to an activating group) is 1. The molecule has 7 nitrogen and oxygen atoms in total. The Balaban J connectivity index is 1.54. The number of rotatable bonds is 8. The largest absolute Gasteiger partial charge is 0.495 e. The smallest absolute Gasteiger partial charge is 0.225 e. The number of hydrogen-bond acceptors (Lipinski definition) is 6. The van der Waals surface area contributed by atoms with Gasteiger partial charge in [-0.25, -0.2) is 0 Å². The predicted molar refractivity (Wildman–Crippen MR) is 117 cm³/mol. The van der Waals surface area contributed by atoms with E-state index in [0.29, 0.717) is 30.4 Å². The van der Waals surface area contributed by atoms with E-state index in [1.54, 1.807) is 12.1 Å². The summed E-state index contributed by atoms with van der Waals surface area (Å²) in [5.74, 6) is 0.835. The normalized spacial score (nSPS) is 28.4. The van der Waals surface area contributed by atoms with E-state index in [1.165, 1.54) is 7.11 Å². The van der Waals surface area contributed by atoms with E-state index in [9.17, 15) is 4.79 Å². The summed E-state index contributed by atoms with van der Waals surface area (Å²) in [6, 6.07) is 7.56. The lowest BCUT2D eigenvalue weighted by Gasteiger charge is -2.44. The second-order valence-electron chi connectivity index (χ2n) is 8.42. The first kappa shape index (κ1) is 22.7. The fourth-order valence-electron chi connectivity index (χ4n) is 4.28. The van der Waals surface area contributed by atoms with E-state index in [2.05, 4.69) is 21.6 Å². The van der Waals surface area contributed by atoms with Crippen molar-refractivity contribution in [3.63, 3.8) is 0 Å². The molecule has 2 N–H and O–H groups in total. The number of alkyl halides is 1. The van der Waals surface area contributed by atoms with Gasteiger partial charge in [-0.15, -0.1) is 11.6 Å². The zero-order valence-corrected chi connectivity index (χ0v) is 18.6. The van der Waals surface area contributed by atoms with Gasteiger partial charge in [0.1, 0.15) is 11.8 Å². The lowest BCUT2D eigenvalue weighted by Crippen LogP contribution is -2.56. The molecule has 30 heavy (non-hydrogen) atoms. The number of ether oxygens (including phenoxy) is 2. The van der Waals surface area contributed by atoms with Crippen molar-refractivity contribution in [1.29, 1.82) is 5.26 Å². The third-order valence-electron chi connectivity index (χ3n) is 6.02. The van der Waals surface area contributed by atoms with E-state index in [0.717, 1.165) is 31.5 Å². The van der Waals surface area contributed by atoms with Crippen LogP contribution in [0.3, 0.4) is 0 Å². The van der Waals surface area contributed by atoms with Gasteiger partial charge in [0.05, 0.1) is 36.7 Å².